The molecule has 0 heterocycles. The number of esters is 1. The van der Waals surface area contributed by atoms with Crippen LogP contribution in [0.1, 0.15) is 58.3 Å². The van der Waals surface area contributed by atoms with E-state index >= 15 is 0 Å². The van der Waals surface area contributed by atoms with E-state index in [2.05, 4.69) is 6.58 Å². The Kier molecular flexibility index (Phi) is 3.36. The Morgan fingerprint density at radius 2 is 2.06 bits per heavy atom. The highest BCUT2D eigenvalue weighted by Crippen LogP contribution is 2.45. The highest BCUT2D eigenvalue weighted by molar-refractivity contribution is 5.87. The summed E-state index contributed by atoms with van der Waals surface area (Å²) in [5.74, 6) is 0.597. The van der Waals surface area contributed by atoms with Gasteiger partial charge in [0.2, 0.25) is 0 Å². The Morgan fingerprint density at radius 1 is 1.25 bits per heavy atom. The number of rotatable bonds is 2. The van der Waals surface area contributed by atoms with Crippen molar-refractivity contribution < 1.29 is 9.53 Å². The summed E-state index contributed by atoms with van der Waals surface area (Å²) in [5, 5.41) is 0. The molecule has 2 aliphatic rings. The van der Waals surface area contributed by atoms with Crippen LogP contribution in [-0.2, 0) is 9.53 Å². The first-order chi connectivity index (χ1) is 7.61. The van der Waals surface area contributed by atoms with Gasteiger partial charge in [-0.3, -0.25) is 0 Å². The molecule has 2 unspecified atom stereocenters. The highest BCUT2D eigenvalue weighted by atomic mass is 16.6. The number of carbonyl (C=O) groups is 1. The quantitative estimate of drug-likeness (QED) is 0.527. The van der Waals surface area contributed by atoms with Gasteiger partial charge in [0, 0.05) is 5.57 Å². The smallest absolute Gasteiger partial charge is 0.333 e. The number of ether oxygens (including phenoxy) is 1. The molecular formula is C14H22O2. The number of carbonyl (C=O) groups excluding carboxylic acids is 1. The molecule has 2 bridgehead atoms. The first kappa shape index (κ1) is 11.7. The third-order valence-corrected chi connectivity index (χ3v) is 4.07. The Labute approximate surface area is 98.1 Å². The van der Waals surface area contributed by atoms with Gasteiger partial charge in [-0.05, 0) is 44.9 Å². The molecular weight excluding hydrogens is 200 g/mol. The largest absolute Gasteiger partial charge is 0.456 e. The molecule has 16 heavy (non-hydrogen) atoms. The molecule has 2 rings (SSSR count). The van der Waals surface area contributed by atoms with Gasteiger partial charge in [-0.2, -0.15) is 0 Å². The van der Waals surface area contributed by atoms with Crippen LogP contribution in [0.5, 0.6) is 0 Å². The van der Waals surface area contributed by atoms with Gasteiger partial charge >= 0.3 is 5.97 Å². The first-order valence-electron chi connectivity index (χ1n) is 6.50. The lowest BCUT2D eigenvalue weighted by molar-refractivity contribution is -0.155. The van der Waals surface area contributed by atoms with Gasteiger partial charge in [-0.1, -0.05) is 25.8 Å². The summed E-state index contributed by atoms with van der Waals surface area (Å²) in [4.78, 5) is 11.7. The molecule has 2 nitrogen and oxygen atoms in total. The van der Waals surface area contributed by atoms with Crippen LogP contribution < -0.4 is 0 Å². The summed E-state index contributed by atoms with van der Waals surface area (Å²) in [6, 6.07) is 0. The minimum Gasteiger partial charge on any atom is -0.456 e. The van der Waals surface area contributed by atoms with E-state index in [9.17, 15) is 4.79 Å². The van der Waals surface area contributed by atoms with E-state index in [1.807, 2.05) is 0 Å². The van der Waals surface area contributed by atoms with Gasteiger partial charge in [0.25, 0.3) is 0 Å². The van der Waals surface area contributed by atoms with Gasteiger partial charge in [0.15, 0.2) is 0 Å². The first-order valence-corrected chi connectivity index (χ1v) is 6.50. The Balaban J connectivity index is 2.04. The predicted octanol–water partition coefficient (Wildman–Crippen LogP) is 3.61. The van der Waals surface area contributed by atoms with Crippen molar-refractivity contribution in [3.05, 3.63) is 12.2 Å². The molecule has 0 spiro atoms. The summed E-state index contributed by atoms with van der Waals surface area (Å²) >= 11 is 0. The highest BCUT2D eigenvalue weighted by Gasteiger charge is 2.42. The zero-order valence-corrected chi connectivity index (χ0v) is 10.3. The van der Waals surface area contributed by atoms with Crippen LogP contribution in [-0.4, -0.2) is 11.6 Å². The zero-order chi connectivity index (χ0) is 11.6. The third-order valence-electron chi connectivity index (χ3n) is 4.07. The van der Waals surface area contributed by atoms with Crippen LogP contribution in [0.2, 0.25) is 0 Å². The van der Waals surface area contributed by atoms with E-state index in [1.165, 1.54) is 32.1 Å². The standard InChI is InChI=1S/C14H22O2/c1-11(2)13(15)16-14-8-5-3-4-6-12(10-14)7-9-14/h12H,1,3-10H2,2H3. The lowest BCUT2D eigenvalue weighted by Crippen LogP contribution is -2.33. The normalized spacial score (nSPS) is 33.9. The van der Waals surface area contributed by atoms with E-state index in [-0.39, 0.29) is 11.6 Å². The van der Waals surface area contributed by atoms with Crippen LogP contribution in [0.15, 0.2) is 12.2 Å². The SMILES string of the molecule is C=C(C)C(=O)OC12CCCCCC(CC1)C2. The second-order valence-corrected chi connectivity index (χ2v) is 5.56. The molecule has 2 saturated carbocycles. The van der Waals surface area contributed by atoms with Crippen molar-refractivity contribution in [3.8, 4) is 0 Å². The molecule has 2 fully saturated rings. The fourth-order valence-electron chi connectivity index (χ4n) is 3.16. The lowest BCUT2D eigenvalue weighted by atomic mass is 9.88. The topological polar surface area (TPSA) is 26.3 Å². The van der Waals surface area contributed by atoms with Crippen molar-refractivity contribution in [3.63, 3.8) is 0 Å². The van der Waals surface area contributed by atoms with Crippen LogP contribution in [0.25, 0.3) is 0 Å². The van der Waals surface area contributed by atoms with Crippen molar-refractivity contribution in [1.82, 2.24) is 0 Å². The van der Waals surface area contributed by atoms with Gasteiger partial charge in [-0.15, -0.1) is 0 Å². The predicted molar refractivity (Wildman–Crippen MR) is 64.1 cm³/mol. The van der Waals surface area contributed by atoms with E-state index in [0.29, 0.717) is 5.57 Å². The molecule has 2 heteroatoms. The van der Waals surface area contributed by atoms with Crippen LogP contribution in [0.3, 0.4) is 0 Å². The second-order valence-electron chi connectivity index (χ2n) is 5.56. The summed E-state index contributed by atoms with van der Waals surface area (Å²) in [6.45, 7) is 5.40. The molecule has 0 aromatic carbocycles. The van der Waals surface area contributed by atoms with E-state index < -0.39 is 0 Å². The average Bonchev–Trinajstić information content (AvgIpc) is 2.61. The maximum absolute atomic E-state index is 11.7. The number of hydrogen-bond acceptors (Lipinski definition) is 2. The van der Waals surface area contributed by atoms with Crippen molar-refractivity contribution in [1.29, 1.82) is 0 Å². The van der Waals surface area contributed by atoms with E-state index in [1.54, 1.807) is 6.92 Å². The number of hydrogen-bond donors (Lipinski definition) is 0. The molecule has 2 atom stereocenters. The molecule has 0 aromatic heterocycles. The van der Waals surface area contributed by atoms with Gasteiger partial charge in [0.05, 0.1) is 0 Å². The number of fused-ring (bicyclic) bond motifs is 2. The third kappa shape index (κ3) is 2.47. The zero-order valence-electron chi connectivity index (χ0n) is 10.3. The fourth-order valence-corrected chi connectivity index (χ4v) is 3.16. The van der Waals surface area contributed by atoms with Crippen molar-refractivity contribution in [2.75, 3.05) is 0 Å². The minimum atomic E-state index is -0.193. The molecule has 0 aromatic rings. The summed E-state index contributed by atoms with van der Waals surface area (Å²) < 4.78 is 5.73. The van der Waals surface area contributed by atoms with Gasteiger partial charge < -0.3 is 4.74 Å². The summed E-state index contributed by atoms with van der Waals surface area (Å²) in [6.07, 6.45) is 9.63. The lowest BCUT2D eigenvalue weighted by Gasteiger charge is -2.31. The van der Waals surface area contributed by atoms with Crippen LogP contribution >= 0.6 is 0 Å². The molecule has 0 saturated heterocycles. The maximum atomic E-state index is 11.7. The van der Waals surface area contributed by atoms with E-state index in [4.69, 9.17) is 4.74 Å². The van der Waals surface area contributed by atoms with E-state index in [0.717, 1.165) is 25.2 Å². The maximum Gasteiger partial charge on any atom is 0.333 e. The average molecular weight is 222 g/mol. The molecule has 90 valence electrons. The van der Waals surface area contributed by atoms with Gasteiger partial charge in [-0.25, -0.2) is 4.79 Å². The van der Waals surface area contributed by atoms with Crippen molar-refractivity contribution >= 4 is 5.97 Å². The van der Waals surface area contributed by atoms with Gasteiger partial charge in [0.1, 0.15) is 5.60 Å². The summed E-state index contributed by atoms with van der Waals surface area (Å²) in [7, 11) is 0. The Hall–Kier alpha value is -0.790. The fraction of sp³-hybridized carbons (Fsp3) is 0.786. The monoisotopic (exact) mass is 222 g/mol. The Morgan fingerprint density at radius 3 is 2.81 bits per heavy atom. The minimum absolute atomic E-state index is 0.138. The van der Waals surface area contributed by atoms with Crippen LogP contribution in [0.4, 0.5) is 0 Å². The Bertz CT molecular complexity index is 295. The molecule has 0 amide bonds. The molecule has 0 aliphatic heterocycles. The van der Waals surface area contributed by atoms with Crippen molar-refractivity contribution in [2.45, 2.75) is 63.9 Å². The molecule has 0 N–H and O–H groups in total. The summed E-state index contributed by atoms with van der Waals surface area (Å²) in [5.41, 5.74) is 0.390. The second kappa shape index (κ2) is 4.60. The molecule has 2 aliphatic carbocycles. The molecule has 0 radical (unpaired) electrons. The van der Waals surface area contributed by atoms with Crippen molar-refractivity contribution in [2.24, 2.45) is 5.92 Å². The van der Waals surface area contributed by atoms with Crippen LogP contribution in [0, 0.1) is 5.92 Å².